The lowest BCUT2D eigenvalue weighted by atomic mass is 10.1. The van der Waals surface area contributed by atoms with Gasteiger partial charge in [0.15, 0.2) is 6.10 Å². The van der Waals surface area contributed by atoms with Crippen LogP contribution in [-0.2, 0) is 9.53 Å². The van der Waals surface area contributed by atoms with Gasteiger partial charge in [-0.1, -0.05) is 0 Å². The van der Waals surface area contributed by atoms with Crippen molar-refractivity contribution in [2.45, 2.75) is 33.0 Å². The van der Waals surface area contributed by atoms with E-state index in [1.807, 2.05) is 13.0 Å². The smallest absolute Gasteiger partial charge is 0.338 e. The highest BCUT2D eigenvalue weighted by Gasteiger charge is 2.28. The summed E-state index contributed by atoms with van der Waals surface area (Å²) in [5, 5.41) is 19.4. The van der Waals surface area contributed by atoms with Crippen LogP contribution in [0.5, 0.6) is 0 Å². The first kappa shape index (κ1) is 12.7. The number of aromatic amines is 1. The molecule has 1 rings (SSSR count). The normalized spacial score (nSPS) is 14.6. The molecular weight excluding hydrogens is 210 g/mol. The molecule has 0 amide bonds. The predicted octanol–water partition coefficient (Wildman–Crippen LogP) is 0.589. The molecule has 1 heterocycles. The Morgan fingerprint density at radius 1 is 1.50 bits per heavy atom. The minimum absolute atomic E-state index is 0.172. The van der Waals surface area contributed by atoms with Crippen LogP contribution < -0.4 is 0 Å². The largest absolute Gasteiger partial charge is 0.464 e. The lowest BCUT2D eigenvalue weighted by Gasteiger charge is -2.16. The van der Waals surface area contributed by atoms with Gasteiger partial charge in [0.25, 0.3) is 0 Å². The standard InChI is InChI=1S/C11H17NO4/c1-4-16-11(15)10(14)9(13)8-6(2)5-7(3)12-8/h5,9-10,12-14H,4H2,1-3H3. The Hall–Kier alpha value is -1.33. The van der Waals surface area contributed by atoms with Gasteiger partial charge < -0.3 is 19.9 Å². The summed E-state index contributed by atoms with van der Waals surface area (Å²) in [5.41, 5.74) is 2.11. The average molecular weight is 227 g/mol. The van der Waals surface area contributed by atoms with Crippen molar-refractivity contribution in [3.05, 3.63) is 23.0 Å². The maximum atomic E-state index is 11.2. The number of ether oxygens (including phenoxy) is 1. The van der Waals surface area contributed by atoms with Gasteiger partial charge in [-0.15, -0.1) is 0 Å². The lowest BCUT2D eigenvalue weighted by molar-refractivity contribution is -0.159. The Kier molecular flexibility index (Phi) is 4.09. The maximum absolute atomic E-state index is 11.2. The monoisotopic (exact) mass is 227 g/mol. The lowest BCUT2D eigenvalue weighted by Crippen LogP contribution is -2.30. The first-order valence-corrected chi connectivity index (χ1v) is 5.16. The fraction of sp³-hybridized carbons (Fsp3) is 0.545. The zero-order chi connectivity index (χ0) is 12.3. The van der Waals surface area contributed by atoms with Gasteiger partial charge in [0.05, 0.1) is 12.3 Å². The van der Waals surface area contributed by atoms with Gasteiger partial charge in [0.2, 0.25) is 0 Å². The van der Waals surface area contributed by atoms with E-state index in [-0.39, 0.29) is 6.61 Å². The SMILES string of the molecule is CCOC(=O)C(O)C(O)c1[nH]c(C)cc1C. The number of aliphatic hydroxyl groups is 2. The topological polar surface area (TPSA) is 82.6 Å². The molecule has 5 nitrogen and oxygen atoms in total. The molecular formula is C11H17NO4. The molecule has 0 aliphatic carbocycles. The summed E-state index contributed by atoms with van der Waals surface area (Å²) in [6.45, 7) is 5.44. The van der Waals surface area contributed by atoms with Crippen molar-refractivity contribution in [3.8, 4) is 0 Å². The Morgan fingerprint density at radius 2 is 2.12 bits per heavy atom. The van der Waals surface area contributed by atoms with E-state index in [1.165, 1.54) is 0 Å². The molecule has 0 aromatic carbocycles. The molecule has 0 bridgehead atoms. The van der Waals surface area contributed by atoms with Gasteiger partial charge in [0.1, 0.15) is 6.10 Å². The molecule has 2 atom stereocenters. The summed E-state index contributed by atoms with van der Waals surface area (Å²) in [6, 6.07) is 1.83. The Labute approximate surface area is 94.1 Å². The average Bonchev–Trinajstić information content (AvgIpc) is 2.56. The van der Waals surface area contributed by atoms with Crippen LogP contribution in [0, 0.1) is 13.8 Å². The molecule has 0 fully saturated rings. The number of esters is 1. The summed E-state index contributed by atoms with van der Waals surface area (Å²) in [7, 11) is 0. The van der Waals surface area contributed by atoms with Gasteiger partial charge >= 0.3 is 5.97 Å². The number of H-pyrrole nitrogens is 1. The summed E-state index contributed by atoms with van der Waals surface area (Å²) in [6.07, 6.45) is -2.84. The van der Waals surface area contributed by atoms with E-state index in [0.717, 1.165) is 11.3 Å². The minimum Gasteiger partial charge on any atom is -0.464 e. The highest BCUT2D eigenvalue weighted by Crippen LogP contribution is 2.21. The molecule has 0 saturated carbocycles. The number of hydrogen-bond acceptors (Lipinski definition) is 4. The van der Waals surface area contributed by atoms with Crippen LogP contribution in [0.4, 0.5) is 0 Å². The molecule has 1 aromatic rings. The van der Waals surface area contributed by atoms with Gasteiger partial charge in [-0.2, -0.15) is 0 Å². The molecule has 3 N–H and O–H groups in total. The van der Waals surface area contributed by atoms with E-state index in [9.17, 15) is 15.0 Å². The molecule has 0 spiro atoms. The van der Waals surface area contributed by atoms with Crippen molar-refractivity contribution in [3.63, 3.8) is 0 Å². The van der Waals surface area contributed by atoms with Gasteiger partial charge in [0, 0.05) is 5.69 Å². The molecule has 16 heavy (non-hydrogen) atoms. The predicted molar refractivity (Wildman–Crippen MR) is 57.9 cm³/mol. The molecule has 0 aliphatic rings. The number of rotatable bonds is 4. The zero-order valence-electron chi connectivity index (χ0n) is 9.65. The molecule has 5 heteroatoms. The first-order valence-electron chi connectivity index (χ1n) is 5.16. The van der Waals surface area contributed by atoms with Crippen molar-refractivity contribution in [2.24, 2.45) is 0 Å². The van der Waals surface area contributed by atoms with Crippen molar-refractivity contribution < 1.29 is 19.7 Å². The number of aryl methyl sites for hydroxylation is 2. The van der Waals surface area contributed by atoms with E-state index in [0.29, 0.717) is 5.69 Å². The minimum atomic E-state index is -1.56. The number of nitrogens with one attached hydrogen (secondary N) is 1. The number of carbonyl (C=O) groups excluding carboxylic acids is 1. The third-order valence-electron chi connectivity index (χ3n) is 2.31. The maximum Gasteiger partial charge on any atom is 0.338 e. The van der Waals surface area contributed by atoms with E-state index < -0.39 is 18.2 Å². The molecule has 1 aromatic heterocycles. The number of aliphatic hydroxyl groups excluding tert-OH is 2. The Bertz CT molecular complexity index is 372. The van der Waals surface area contributed by atoms with Crippen LogP contribution >= 0.6 is 0 Å². The fourth-order valence-corrected chi connectivity index (χ4v) is 1.57. The van der Waals surface area contributed by atoms with Crippen LogP contribution in [-0.4, -0.2) is 33.9 Å². The van der Waals surface area contributed by atoms with E-state index >= 15 is 0 Å². The summed E-state index contributed by atoms with van der Waals surface area (Å²) < 4.78 is 4.63. The van der Waals surface area contributed by atoms with E-state index in [2.05, 4.69) is 9.72 Å². The highest BCUT2D eigenvalue weighted by molar-refractivity contribution is 5.75. The second-order valence-corrected chi connectivity index (χ2v) is 3.69. The molecule has 0 saturated heterocycles. The second kappa shape index (κ2) is 5.14. The van der Waals surface area contributed by atoms with Crippen LogP contribution in [0.15, 0.2) is 6.07 Å². The fourth-order valence-electron chi connectivity index (χ4n) is 1.57. The van der Waals surface area contributed by atoms with Crippen molar-refractivity contribution >= 4 is 5.97 Å². The van der Waals surface area contributed by atoms with Crippen molar-refractivity contribution in [2.75, 3.05) is 6.61 Å². The Morgan fingerprint density at radius 3 is 2.56 bits per heavy atom. The van der Waals surface area contributed by atoms with Crippen LogP contribution in [0.3, 0.4) is 0 Å². The van der Waals surface area contributed by atoms with Crippen molar-refractivity contribution in [1.82, 2.24) is 4.98 Å². The number of hydrogen-bond donors (Lipinski definition) is 3. The zero-order valence-corrected chi connectivity index (χ0v) is 9.65. The van der Waals surface area contributed by atoms with Crippen LogP contribution in [0.2, 0.25) is 0 Å². The number of carbonyl (C=O) groups is 1. The molecule has 2 unspecified atom stereocenters. The molecule has 90 valence electrons. The van der Waals surface area contributed by atoms with Crippen LogP contribution in [0.25, 0.3) is 0 Å². The van der Waals surface area contributed by atoms with E-state index in [1.54, 1.807) is 13.8 Å². The second-order valence-electron chi connectivity index (χ2n) is 3.69. The van der Waals surface area contributed by atoms with Gasteiger partial charge in [-0.05, 0) is 32.4 Å². The highest BCUT2D eigenvalue weighted by atomic mass is 16.5. The molecule has 0 radical (unpaired) electrons. The number of aromatic nitrogens is 1. The van der Waals surface area contributed by atoms with Crippen molar-refractivity contribution in [1.29, 1.82) is 0 Å². The summed E-state index contributed by atoms with van der Waals surface area (Å²) in [5.74, 6) is -0.818. The van der Waals surface area contributed by atoms with E-state index in [4.69, 9.17) is 0 Å². The Balaban J connectivity index is 2.81. The first-order chi connectivity index (χ1) is 7.47. The van der Waals surface area contributed by atoms with Crippen LogP contribution in [0.1, 0.15) is 30.0 Å². The third kappa shape index (κ3) is 2.62. The third-order valence-corrected chi connectivity index (χ3v) is 2.31. The summed E-state index contributed by atoms with van der Waals surface area (Å²) >= 11 is 0. The van der Waals surface area contributed by atoms with Gasteiger partial charge in [-0.3, -0.25) is 0 Å². The van der Waals surface area contributed by atoms with Gasteiger partial charge in [-0.25, -0.2) is 4.79 Å². The quantitative estimate of drug-likeness (QED) is 0.657. The molecule has 0 aliphatic heterocycles. The summed E-state index contributed by atoms with van der Waals surface area (Å²) in [4.78, 5) is 14.1.